The number of phenols is 1. The third-order valence-corrected chi connectivity index (χ3v) is 8.69. The Kier molecular flexibility index (Phi) is 8.03. The molecule has 0 saturated carbocycles. The summed E-state index contributed by atoms with van der Waals surface area (Å²) in [4.78, 5) is 18.2. The number of anilines is 1. The first-order valence-electron chi connectivity index (χ1n) is 15.0. The summed E-state index contributed by atoms with van der Waals surface area (Å²) in [6, 6.07) is 6.56. The van der Waals surface area contributed by atoms with Crippen molar-refractivity contribution in [3.8, 4) is 35.4 Å². The first kappa shape index (κ1) is 29.0. The second-order valence-electron chi connectivity index (χ2n) is 11.3. The maximum absolute atomic E-state index is 16.6. The minimum atomic E-state index is -0.716. The fraction of sp³-hybridized carbons (Fsp3) is 0.424. The summed E-state index contributed by atoms with van der Waals surface area (Å²) in [5, 5.41) is 15.3. The number of pyridine rings is 1. The van der Waals surface area contributed by atoms with Crippen LogP contribution in [-0.2, 0) is 0 Å². The van der Waals surface area contributed by atoms with Gasteiger partial charge < -0.3 is 25.0 Å². The van der Waals surface area contributed by atoms with Gasteiger partial charge in [0, 0.05) is 48.4 Å². The average molecular weight is 587 g/mol. The Morgan fingerprint density at radius 1 is 1.12 bits per heavy atom. The summed E-state index contributed by atoms with van der Waals surface area (Å²) in [6.07, 6.45) is 11.5. The van der Waals surface area contributed by atoms with Crippen LogP contribution in [0.5, 0.6) is 11.8 Å². The molecule has 3 atom stereocenters. The van der Waals surface area contributed by atoms with E-state index in [0.29, 0.717) is 40.7 Å². The van der Waals surface area contributed by atoms with Crippen LogP contribution in [0.1, 0.15) is 45.1 Å². The monoisotopic (exact) mass is 586 g/mol. The maximum Gasteiger partial charge on any atom is 0.319 e. The number of hydrogen-bond acceptors (Lipinski definition) is 8. The molecular formula is C33H36F2N6O2. The SMILES string of the molecule is C#Cc1c(F)ccc2cc(O)cc(-c3ncc4c(N5CC6CCC(C5)N6)nc(OCC5CCCN5C)nc4c3F)c12.CC. The van der Waals surface area contributed by atoms with Gasteiger partial charge >= 0.3 is 6.01 Å². The van der Waals surface area contributed by atoms with Crippen LogP contribution < -0.4 is 15.0 Å². The van der Waals surface area contributed by atoms with Crippen LogP contribution >= 0.6 is 0 Å². The van der Waals surface area contributed by atoms with Crippen LogP contribution in [0, 0.1) is 24.0 Å². The molecule has 7 rings (SSSR count). The number of halogens is 2. The van der Waals surface area contributed by atoms with Gasteiger partial charge in [-0.2, -0.15) is 9.97 Å². The normalized spacial score (nSPS) is 21.6. The highest BCUT2D eigenvalue weighted by Gasteiger charge is 2.34. The standard InChI is InChI=1S/C31H30F2N6O2.C2H6/c1-3-22-25(32)9-6-17-11-21(40)12-23(26(17)22)28-27(33)29-24(13-34-28)30(39-14-18-7-8-19(15-39)35-18)37-31(36-29)41-16-20-5-4-10-38(20)2;1-2/h1,6,9,11-13,18-20,35,40H,4-5,7-8,10,14-16H2,2H3;1-2H3. The molecule has 8 nitrogen and oxygen atoms in total. The lowest BCUT2D eigenvalue weighted by Crippen LogP contribution is -2.51. The zero-order valence-corrected chi connectivity index (χ0v) is 24.7. The summed E-state index contributed by atoms with van der Waals surface area (Å²) in [5.74, 6) is 1.51. The van der Waals surface area contributed by atoms with Crippen molar-refractivity contribution >= 4 is 27.5 Å². The molecule has 4 aromatic rings. The topological polar surface area (TPSA) is 86.6 Å². The summed E-state index contributed by atoms with van der Waals surface area (Å²) in [5.41, 5.74) is 0.119. The molecule has 5 heterocycles. The minimum absolute atomic E-state index is 0.0248. The Morgan fingerprint density at radius 3 is 2.58 bits per heavy atom. The molecule has 3 aliphatic rings. The smallest absolute Gasteiger partial charge is 0.319 e. The zero-order chi connectivity index (χ0) is 30.2. The van der Waals surface area contributed by atoms with E-state index in [0.717, 1.165) is 45.3 Å². The van der Waals surface area contributed by atoms with Gasteiger partial charge in [0.15, 0.2) is 5.82 Å². The Hall–Kier alpha value is -4.07. The van der Waals surface area contributed by atoms with Gasteiger partial charge in [-0.1, -0.05) is 25.8 Å². The third kappa shape index (κ3) is 5.32. The second kappa shape index (κ2) is 11.9. The van der Waals surface area contributed by atoms with Crippen LogP contribution in [0.3, 0.4) is 0 Å². The summed E-state index contributed by atoms with van der Waals surface area (Å²) < 4.78 is 37.4. The van der Waals surface area contributed by atoms with E-state index in [9.17, 15) is 9.50 Å². The van der Waals surface area contributed by atoms with Crippen molar-refractivity contribution in [3.63, 3.8) is 0 Å². The molecule has 43 heavy (non-hydrogen) atoms. The molecule has 3 unspecified atom stereocenters. The van der Waals surface area contributed by atoms with Gasteiger partial charge in [-0.15, -0.1) is 6.42 Å². The van der Waals surface area contributed by atoms with Crippen molar-refractivity contribution in [1.29, 1.82) is 0 Å². The predicted molar refractivity (Wildman–Crippen MR) is 164 cm³/mol. The number of nitrogens with zero attached hydrogens (tertiary/aromatic N) is 5. The number of likely N-dealkylation sites (tertiary alicyclic amines) is 1. The van der Waals surface area contributed by atoms with Crippen LogP contribution in [0.2, 0.25) is 0 Å². The van der Waals surface area contributed by atoms with E-state index < -0.39 is 11.6 Å². The van der Waals surface area contributed by atoms with Crippen molar-refractivity contribution in [2.24, 2.45) is 0 Å². The zero-order valence-electron chi connectivity index (χ0n) is 24.7. The van der Waals surface area contributed by atoms with E-state index in [4.69, 9.17) is 16.1 Å². The molecule has 3 fully saturated rings. The minimum Gasteiger partial charge on any atom is -0.508 e. The molecule has 10 heteroatoms. The summed E-state index contributed by atoms with van der Waals surface area (Å²) in [7, 11) is 2.06. The fourth-order valence-corrected chi connectivity index (χ4v) is 6.60. The van der Waals surface area contributed by atoms with E-state index in [-0.39, 0.29) is 40.1 Å². The molecule has 2 aromatic carbocycles. The Labute approximate surface area is 250 Å². The van der Waals surface area contributed by atoms with Crippen molar-refractivity contribution in [1.82, 2.24) is 25.2 Å². The highest BCUT2D eigenvalue weighted by Crippen LogP contribution is 2.39. The predicted octanol–water partition coefficient (Wildman–Crippen LogP) is 5.25. The van der Waals surface area contributed by atoms with Gasteiger partial charge in [-0.05, 0) is 62.9 Å². The number of phenolic OH excluding ortho intramolecular Hbond substituents is 1. The average Bonchev–Trinajstić information content (AvgIpc) is 3.59. The lowest BCUT2D eigenvalue weighted by Gasteiger charge is -2.34. The van der Waals surface area contributed by atoms with Gasteiger partial charge in [-0.25, -0.2) is 8.78 Å². The van der Waals surface area contributed by atoms with Crippen LogP contribution in [0.25, 0.3) is 32.9 Å². The quantitative estimate of drug-likeness (QED) is 0.307. The number of ether oxygens (including phenoxy) is 1. The number of likely N-dealkylation sites (N-methyl/N-ethyl adjacent to an activating group) is 1. The third-order valence-electron chi connectivity index (χ3n) is 8.69. The molecule has 0 amide bonds. The van der Waals surface area contributed by atoms with Gasteiger partial charge in [-0.3, -0.25) is 4.98 Å². The fourth-order valence-electron chi connectivity index (χ4n) is 6.60. The number of rotatable bonds is 5. The van der Waals surface area contributed by atoms with Gasteiger partial charge in [0.05, 0.1) is 10.9 Å². The number of aromatic nitrogens is 3. The number of piperazine rings is 1. The van der Waals surface area contributed by atoms with Gasteiger partial charge in [0.2, 0.25) is 0 Å². The largest absolute Gasteiger partial charge is 0.508 e. The van der Waals surface area contributed by atoms with E-state index in [1.165, 1.54) is 24.3 Å². The van der Waals surface area contributed by atoms with E-state index in [2.05, 4.69) is 38.1 Å². The molecule has 3 aliphatic heterocycles. The van der Waals surface area contributed by atoms with Crippen molar-refractivity contribution in [2.75, 3.05) is 38.2 Å². The molecular weight excluding hydrogens is 550 g/mol. The highest BCUT2D eigenvalue weighted by atomic mass is 19.1. The number of benzene rings is 2. The Morgan fingerprint density at radius 2 is 1.88 bits per heavy atom. The second-order valence-corrected chi connectivity index (χ2v) is 11.3. The number of fused-ring (bicyclic) bond motifs is 4. The molecule has 0 aliphatic carbocycles. The number of aromatic hydroxyl groups is 1. The molecule has 2 N–H and O–H groups in total. The van der Waals surface area contributed by atoms with Crippen LogP contribution in [0.15, 0.2) is 30.5 Å². The summed E-state index contributed by atoms with van der Waals surface area (Å²) >= 11 is 0. The molecule has 3 saturated heterocycles. The van der Waals surface area contributed by atoms with Gasteiger partial charge in [0.25, 0.3) is 0 Å². The van der Waals surface area contributed by atoms with Crippen molar-refractivity contribution in [2.45, 2.75) is 57.7 Å². The first-order chi connectivity index (χ1) is 20.9. The van der Waals surface area contributed by atoms with Gasteiger partial charge in [0.1, 0.15) is 35.2 Å². The summed E-state index contributed by atoms with van der Waals surface area (Å²) in [6.45, 7) is 6.87. The Bertz CT molecular complexity index is 1710. The first-order valence-corrected chi connectivity index (χ1v) is 15.0. The van der Waals surface area contributed by atoms with E-state index >= 15 is 4.39 Å². The number of terminal acetylenes is 1. The number of hydrogen-bond donors (Lipinski definition) is 2. The highest BCUT2D eigenvalue weighted by molar-refractivity contribution is 6.03. The molecule has 0 spiro atoms. The van der Waals surface area contributed by atoms with Crippen molar-refractivity contribution < 1.29 is 18.6 Å². The van der Waals surface area contributed by atoms with Crippen LogP contribution in [-0.4, -0.2) is 76.4 Å². The van der Waals surface area contributed by atoms with Crippen LogP contribution in [0.4, 0.5) is 14.6 Å². The lowest BCUT2D eigenvalue weighted by molar-refractivity contribution is 0.188. The van der Waals surface area contributed by atoms with Crippen molar-refractivity contribution in [3.05, 3.63) is 47.7 Å². The number of nitrogens with one attached hydrogen (secondary N) is 1. The molecule has 0 radical (unpaired) electrons. The molecule has 224 valence electrons. The molecule has 2 aromatic heterocycles. The Balaban J connectivity index is 0.00000161. The lowest BCUT2D eigenvalue weighted by atomic mass is 9.96. The van der Waals surface area contributed by atoms with E-state index in [1.54, 1.807) is 6.20 Å². The maximum atomic E-state index is 16.6. The van der Waals surface area contributed by atoms with E-state index in [1.807, 2.05) is 13.8 Å². The molecule has 2 bridgehead atoms.